The summed E-state index contributed by atoms with van der Waals surface area (Å²) in [5.74, 6) is 0.803. The Hall–Kier alpha value is -1.60. The first-order chi connectivity index (χ1) is 9.24. The summed E-state index contributed by atoms with van der Waals surface area (Å²) in [6.07, 6.45) is 1.51. The molecule has 3 rings (SSSR count). The van der Waals surface area contributed by atoms with Crippen LogP contribution in [0.5, 0.6) is 5.75 Å². The number of hydrogen-bond donors (Lipinski definition) is 1. The van der Waals surface area contributed by atoms with E-state index in [-0.39, 0.29) is 0 Å². The molecule has 0 aliphatic carbocycles. The highest BCUT2D eigenvalue weighted by atomic mass is 79.9. The molecule has 0 unspecified atom stereocenters. The highest BCUT2D eigenvalue weighted by molar-refractivity contribution is 9.10. The minimum Gasteiger partial charge on any atom is -0.497 e. The molecule has 7 heteroatoms. The van der Waals surface area contributed by atoms with Gasteiger partial charge in [0.05, 0.1) is 18.1 Å². The van der Waals surface area contributed by atoms with Gasteiger partial charge >= 0.3 is 0 Å². The van der Waals surface area contributed by atoms with Crippen molar-refractivity contribution in [3.63, 3.8) is 0 Å². The van der Waals surface area contributed by atoms with Gasteiger partial charge in [-0.15, -0.1) is 0 Å². The maximum Gasteiger partial charge on any atom is 0.172 e. The van der Waals surface area contributed by atoms with Crippen molar-refractivity contribution in [2.24, 2.45) is 0 Å². The van der Waals surface area contributed by atoms with Gasteiger partial charge in [0.25, 0.3) is 0 Å². The molecule has 0 saturated carbocycles. The van der Waals surface area contributed by atoms with E-state index in [1.165, 1.54) is 18.1 Å². The summed E-state index contributed by atoms with van der Waals surface area (Å²) in [5.41, 5.74) is 1.84. The molecule has 1 aromatic carbocycles. The first-order valence-electron chi connectivity index (χ1n) is 5.44. The van der Waals surface area contributed by atoms with Crippen molar-refractivity contribution in [1.82, 2.24) is 19.9 Å². The second kappa shape index (κ2) is 5.18. The minimum absolute atomic E-state index is 0.753. The van der Waals surface area contributed by atoms with Crippen LogP contribution in [0.2, 0.25) is 0 Å². The first kappa shape index (κ1) is 12.4. The maximum atomic E-state index is 5.18. The van der Waals surface area contributed by atoms with Crippen molar-refractivity contribution in [1.29, 1.82) is 0 Å². The molecule has 0 atom stereocenters. The average Bonchev–Trinajstić information content (AvgIpc) is 2.79. The number of benzene rings is 1. The normalized spacial score (nSPS) is 10.8. The Balaban J connectivity index is 1.93. The molecule has 0 radical (unpaired) electrons. The van der Waals surface area contributed by atoms with E-state index in [9.17, 15) is 0 Å². The fraction of sp³-hybridized carbons (Fsp3) is 0.0833. The second-order valence-corrected chi connectivity index (χ2v) is 5.53. The number of hydrogen-bond acceptors (Lipinski definition) is 5. The van der Waals surface area contributed by atoms with E-state index < -0.39 is 0 Å². The molecule has 0 spiro atoms. The summed E-state index contributed by atoms with van der Waals surface area (Å²) in [4.78, 5) is 15.9. The molecule has 0 saturated heterocycles. The molecule has 0 amide bonds. The summed E-state index contributed by atoms with van der Waals surface area (Å²) in [6, 6.07) is 7.57. The van der Waals surface area contributed by atoms with Crippen molar-refractivity contribution in [2.45, 2.75) is 10.2 Å². The number of aromatic nitrogens is 4. The minimum atomic E-state index is 0.753. The molecule has 0 aliphatic rings. The Labute approximate surface area is 122 Å². The van der Waals surface area contributed by atoms with Crippen LogP contribution >= 0.6 is 27.7 Å². The molecule has 0 aliphatic heterocycles. The number of H-pyrrole nitrogens is 1. The van der Waals surface area contributed by atoms with Crippen molar-refractivity contribution >= 4 is 38.7 Å². The van der Waals surface area contributed by atoms with E-state index in [1.807, 2.05) is 24.3 Å². The van der Waals surface area contributed by atoms with Crippen LogP contribution in [0.25, 0.3) is 11.0 Å². The largest absolute Gasteiger partial charge is 0.497 e. The van der Waals surface area contributed by atoms with Gasteiger partial charge in [-0.2, -0.15) is 0 Å². The number of nitrogens with one attached hydrogen (secondary N) is 1. The Kier molecular flexibility index (Phi) is 3.39. The number of imidazole rings is 1. The molecule has 96 valence electrons. The lowest BCUT2D eigenvalue weighted by molar-refractivity contribution is 0.415. The number of halogens is 1. The van der Waals surface area contributed by atoms with Gasteiger partial charge in [-0.1, -0.05) is 0 Å². The molecule has 19 heavy (non-hydrogen) atoms. The van der Waals surface area contributed by atoms with Crippen LogP contribution in [0.15, 0.2) is 45.4 Å². The number of ether oxygens (including phenoxy) is 1. The van der Waals surface area contributed by atoms with Gasteiger partial charge < -0.3 is 9.72 Å². The van der Waals surface area contributed by atoms with Crippen molar-refractivity contribution < 1.29 is 4.74 Å². The zero-order valence-corrected chi connectivity index (χ0v) is 12.3. The summed E-state index contributed by atoms with van der Waals surface area (Å²) < 4.78 is 5.94. The van der Waals surface area contributed by atoms with Crippen LogP contribution < -0.4 is 4.74 Å². The lowest BCUT2D eigenvalue weighted by Crippen LogP contribution is -1.83. The lowest BCUT2D eigenvalue weighted by Gasteiger charge is -1.97. The van der Waals surface area contributed by atoms with E-state index in [0.717, 1.165) is 31.6 Å². The Morgan fingerprint density at radius 3 is 2.95 bits per heavy atom. The molecular weight excluding hydrogens is 328 g/mol. The van der Waals surface area contributed by atoms with Gasteiger partial charge in [0.15, 0.2) is 5.16 Å². The number of fused-ring (bicyclic) bond motifs is 1. The smallest absolute Gasteiger partial charge is 0.172 e. The van der Waals surface area contributed by atoms with Gasteiger partial charge in [-0.3, -0.25) is 0 Å². The third kappa shape index (κ3) is 2.71. The molecule has 2 aromatic heterocycles. The van der Waals surface area contributed by atoms with Gasteiger partial charge in [-0.05, 0) is 39.8 Å². The third-order valence-electron chi connectivity index (χ3n) is 2.48. The Morgan fingerprint density at radius 2 is 2.16 bits per heavy atom. The fourth-order valence-corrected chi connectivity index (χ4v) is 2.85. The molecule has 5 nitrogen and oxygen atoms in total. The quantitative estimate of drug-likeness (QED) is 0.743. The highest BCUT2D eigenvalue weighted by Gasteiger charge is 2.07. The van der Waals surface area contributed by atoms with Crippen LogP contribution in [0.1, 0.15) is 0 Å². The zero-order chi connectivity index (χ0) is 13.2. The molecular formula is C12H9BrN4OS. The molecule has 3 aromatic rings. The zero-order valence-electron chi connectivity index (χ0n) is 9.92. The summed E-state index contributed by atoms with van der Waals surface area (Å²) in [7, 11) is 1.64. The highest BCUT2D eigenvalue weighted by Crippen LogP contribution is 2.27. The number of methoxy groups -OCH3 is 1. The van der Waals surface area contributed by atoms with E-state index in [0.29, 0.717) is 0 Å². The molecule has 0 fully saturated rings. The predicted molar refractivity (Wildman–Crippen MR) is 76.5 cm³/mol. The summed E-state index contributed by atoms with van der Waals surface area (Å²) >= 11 is 4.77. The third-order valence-corrected chi connectivity index (χ3v) is 3.73. The van der Waals surface area contributed by atoms with Crippen LogP contribution in [-0.4, -0.2) is 27.0 Å². The van der Waals surface area contributed by atoms with Gasteiger partial charge in [0, 0.05) is 12.1 Å². The van der Waals surface area contributed by atoms with E-state index in [4.69, 9.17) is 4.74 Å². The number of rotatable bonds is 3. The summed E-state index contributed by atoms with van der Waals surface area (Å²) in [5, 5.41) is 1.61. The number of aromatic amines is 1. The van der Waals surface area contributed by atoms with E-state index >= 15 is 0 Å². The monoisotopic (exact) mass is 336 g/mol. The van der Waals surface area contributed by atoms with E-state index in [2.05, 4.69) is 35.9 Å². The first-order valence-corrected chi connectivity index (χ1v) is 7.05. The fourth-order valence-electron chi connectivity index (χ4n) is 1.61. The molecule has 1 N–H and O–H groups in total. The Bertz CT molecular complexity index is 731. The van der Waals surface area contributed by atoms with Gasteiger partial charge in [0.2, 0.25) is 0 Å². The number of nitrogens with zero attached hydrogens (tertiary/aromatic N) is 3. The second-order valence-electron chi connectivity index (χ2n) is 3.71. The van der Waals surface area contributed by atoms with Crippen LogP contribution in [0.4, 0.5) is 0 Å². The SMILES string of the molecule is COc1ccc2nc(Sc3cc(Br)ncn3)[nH]c2c1. The average molecular weight is 337 g/mol. The molecule has 2 heterocycles. The van der Waals surface area contributed by atoms with Gasteiger partial charge in [0.1, 0.15) is 21.7 Å². The molecule has 0 bridgehead atoms. The van der Waals surface area contributed by atoms with Crippen LogP contribution in [0.3, 0.4) is 0 Å². The van der Waals surface area contributed by atoms with Crippen molar-refractivity contribution in [3.05, 3.63) is 35.2 Å². The maximum absolute atomic E-state index is 5.18. The predicted octanol–water partition coefficient (Wildman–Crippen LogP) is 3.28. The standard InChI is InChI=1S/C12H9BrN4OS/c1-18-7-2-3-8-9(4-7)17-12(16-8)19-11-5-10(13)14-6-15-11/h2-6H,1H3,(H,16,17). The van der Waals surface area contributed by atoms with Crippen LogP contribution in [-0.2, 0) is 0 Å². The topological polar surface area (TPSA) is 63.7 Å². The lowest BCUT2D eigenvalue weighted by atomic mass is 10.3. The van der Waals surface area contributed by atoms with Crippen LogP contribution in [0, 0.1) is 0 Å². The summed E-state index contributed by atoms with van der Waals surface area (Å²) in [6.45, 7) is 0. The van der Waals surface area contributed by atoms with Crippen molar-refractivity contribution in [3.8, 4) is 5.75 Å². The van der Waals surface area contributed by atoms with E-state index in [1.54, 1.807) is 7.11 Å². The Morgan fingerprint density at radius 1 is 1.26 bits per heavy atom. The van der Waals surface area contributed by atoms with Gasteiger partial charge in [-0.25, -0.2) is 15.0 Å². The van der Waals surface area contributed by atoms with Crippen molar-refractivity contribution in [2.75, 3.05) is 7.11 Å².